The molecular formula is C12H13FO4. The van der Waals surface area contributed by atoms with E-state index in [0.29, 0.717) is 30.3 Å². The molecule has 5 heteroatoms. The number of aryl methyl sites for hydroxylation is 1. The quantitative estimate of drug-likeness (QED) is 0.859. The lowest BCUT2D eigenvalue weighted by Gasteiger charge is -2.23. The van der Waals surface area contributed by atoms with E-state index >= 15 is 0 Å². The predicted molar refractivity (Wildman–Crippen MR) is 58.3 cm³/mol. The molecule has 1 aromatic carbocycles. The molecule has 1 atom stereocenters. The van der Waals surface area contributed by atoms with Gasteiger partial charge in [-0.05, 0) is 31.5 Å². The molecule has 2 rings (SSSR count). The molecule has 1 unspecified atom stereocenters. The molecule has 1 aliphatic heterocycles. The van der Waals surface area contributed by atoms with Gasteiger partial charge in [-0.1, -0.05) is 0 Å². The van der Waals surface area contributed by atoms with Crippen molar-refractivity contribution in [3.05, 3.63) is 23.3 Å². The van der Waals surface area contributed by atoms with Crippen molar-refractivity contribution in [3.8, 4) is 11.5 Å². The lowest BCUT2D eigenvalue weighted by molar-refractivity contribution is -0.150. The van der Waals surface area contributed by atoms with Crippen molar-refractivity contribution in [1.82, 2.24) is 0 Å². The number of hydrogen-bond donors (Lipinski definition) is 1. The molecular weight excluding hydrogens is 227 g/mol. The predicted octanol–water partition coefficient (Wildman–Crippen LogP) is 2.04. The third-order valence-electron chi connectivity index (χ3n) is 2.80. The van der Waals surface area contributed by atoms with Crippen molar-refractivity contribution in [2.75, 3.05) is 13.2 Å². The van der Waals surface area contributed by atoms with E-state index in [2.05, 4.69) is 0 Å². The second-order valence-electron chi connectivity index (χ2n) is 4.12. The van der Waals surface area contributed by atoms with Crippen LogP contribution in [0.2, 0.25) is 0 Å². The number of benzene rings is 1. The van der Waals surface area contributed by atoms with Crippen molar-refractivity contribution in [1.29, 1.82) is 0 Å². The minimum atomic E-state index is -2.43. The summed E-state index contributed by atoms with van der Waals surface area (Å²) in [6.45, 7) is 3.49. The molecule has 0 saturated carbocycles. The molecule has 0 spiro atoms. The molecule has 0 fully saturated rings. The summed E-state index contributed by atoms with van der Waals surface area (Å²) in [6.07, 6.45) is 0. The third-order valence-corrected chi connectivity index (χ3v) is 2.80. The smallest absolute Gasteiger partial charge is 0.345 e. The molecule has 0 aliphatic carbocycles. The van der Waals surface area contributed by atoms with E-state index in [1.54, 1.807) is 13.0 Å². The van der Waals surface area contributed by atoms with Crippen molar-refractivity contribution >= 4 is 5.97 Å². The zero-order chi connectivity index (χ0) is 12.6. The molecule has 0 aromatic heterocycles. The van der Waals surface area contributed by atoms with Crippen LogP contribution in [-0.2, 0) is 10.5 Å². The maximum Gasteiger partial charge on any atom is 0.345 e. The normalized spacial score (nSPS) is 17.4. The Morgan fingerprint density at radius 2 is 1.88 bits per heavy atom. The molecule has 0 radical (unpaired) electrons. The first kappa shape index (κ1) is 11.7. The van der Waals surface area contributed by atoms with Crippen LogP contribution in [0.4, 0.5) is 4.39 Å². The highest BCUT2D eigenvalue weighted by Crippen LogP contribution is 2.38. The Balaban J connectivity index is 2.52. The summed E-state index contributed by atoms with van der Waals surface area (Å²) >= 11 is 0. The molecule has 4 nitrogen and oxygen atoms in total. The topological polar surface area (TPSA) is 55.8 Å². The van der Waals surface area contributed by atoms with Crippen molar-refractivity contribution in [3.63, 3.8) is 0 Å². The van der Waals surface area contributed by atoms with Gasteiger partial charge in [0.1, 0.15) is 13.2 Å². The zero-order valence-electron chi connectivity index (χ0n) is 9.62. The van der Waals surface area contributed by atoms with E-state index in [4.69, 9.17) is 14.6 Å². The molecule has 1 N–H and O–H groups in total. The molecule has 92 valence electrons. The van der Waals surface area contributed by atoms with E-state index in [9.17, 15) is 9.18 Å². The maximum absolute atomic E-state index is 14.1. The molecule has 1 aromatic rings. The number of ether oxygens (including phenoxy) is 2. The Bertz CT molecular complexity index is 468. The van der Waals surface area contributed by atoms with Crippen LogP contribution < -0.4 is 9.47 Å². The summed E-state index contributed by atoms with van der Waals surface area (Å²) in [7, 11) is 0. The van der Waals surface area contributed by atoms with Gasteiger partial charge in [0.25, 0.3) is 0 Å². The minimum Gasteiger partial charge on any atom is -0.486 e. The third kappa shape index (κ3) is 1.92. The fourth-order valence-electron chi connectivity index (χ4n) is 1.81. The zero-order valence-corrected chi connectivity index (χ0v) is 9.62. The average Bonchev–Trinajstić information content (AvgIpc) is 2.27. The minimum absolute atomic E-state index is 0.0919. The molecule has 1 aliphatic rings. The second-order valence-corrected chi connectivity index (χ2v) is 4.12. The van der Waals surface area contributed by atoms with Crippen LogP contribution >= 0.6 is 0 Å². The molecule has 0 saturated heterocycles. The monoisotopic (exact) mass is 240 g/mol. The van der Waals surface area contributed by atoms with Crippen molar-refractivity contribution < 1.29 is 23.8 Å². The van der Waals surface area contributed by atoms with E-state index in [1.165, 1.54) is 6.07 Å². The van der Waals surface area contributed by atoms with Gasteiger partial charge in [-0.25, -0.2) is 9.18 Å². The number of carbonyl (C=O) groups is 1. The Kier molecular flexibility index (Phi) is 2.69. The SMILES string of the molecule is Cc1cc2c(cc1C(C)(F)C(=O)O)OCCO2. The van der Waals surface area contributed by atoms with Crippen LogP contribution in [0.5, 0.6) is 11.5 Å². The number of alkyl halides is 1. The van der Waals surface area contributed by atoms with Gasteiger partial charge in [0.2, 0.25) is 5.67 Å². The van der Waals surface area contributed by atoms with Crippen molar-refractivity contribution in [2.45, 2.75) is 19.5 Å². The molecule has 17 heavy (non-hydrogen) atoms. The highest BCUT2D eigenvalue weighted by molar-refractivity contribution is 5.79. The number of fused-ring (bicyclic) bond motifs is 1. The number of halogens is 1. The van der Waals surface area contributed by atoms with E-state index in [-0.39, 0.29) is 5.56 Å². The van der Waals surface area contributed by atoms with Gasteiger partial charge in [-0.3, -0.25) is 0 Å². The Labute approximate surface area is 98.0 Å². The van der Waals surface area contributed by atoms with Gasteiger partial charge in [-0.2, -0.15) is 0 Å². The van der Waals surface area contributed by atoms with E-state index < -0.39 is 11.6 Å². The summed E-state index contributed by atoms with van der Waals surface area (Å²) in [5.41, 5.74) is -1.81. The van der Waals surface area contributed by atoms with Crippen LogP contribution in [0.25, 0.3) is 0 Å². The summed E-state index contributed by atoms with van der Waals surface area (Å²) in [5.74, 6) is -0.599. The summed E-state index contributed by atoms with van der Waals surface area (Å²) in [5, 5.41) is 8.88. The molecule has 0 amide bonds. The number of rotatable bonds is 2. The van der Waals surface area contributed by atoms with Gasteiger partial charge < -0.3 is 14.6 Å². The number of carboxylic acids is 1. The van der Waals surface area contributed by atoms with E-state index in [1.807, 2.05) is 0 Å². The first-order valence-electron chi connectivity index (χ1n) is 5.26. The van der Waals surface area contributed by atoms with Crippen LogP contribution in [0.1, 0.15) is 18.1 Å². The maximum atomic E-state index is 14.1. The van der Waals surface area contributed by atoms with Gasteiger partial charge in [0, 0.05) is 5.56 Å². The van der Waals surface area contributed by atoms with Gasteiger partial charge in [0.15, 0.2) is 11.5 Å². The Morgan fingerprint density at radius 3 is 2.41 bits per heavy atom. The number of aliphatic carboxylic acids is 1. The van der Waals surface area contributed by atoms with Gasteiger partial charge in [0.05, 0.1) is 0 Å². The molecule has 0 bridgehead atoms. The Morgan fingerprint density at radius 1 is 1.35 bits per heavy atom. The lowest BCUT2D eigenvalue weighted by Crippen LogP contribution is -2.28. The Hall–Kier alpha value is -1.78. The highest BCUT2D eigenvalue weighted by Gasteiger charge is 2.37. The van der Waals surface area contributed by atoms with Crippen molar-refractivity contribution in [2.24, 2.45) is 0 Å². The first-order chi connectivity index (χ1) is 7.93. The number of hydrogen-bond acceptors (Lipinski definition) is 3. The second kappa shape index (κ2) is 3.91. The average molecular weight is 240 g/mol. The fraction of sp³-hybridized carbons (Fsp3) is 0.417. The van der Waals surface area contributed by atoms with Gasteiger partial charge in [-0.15, -0.1) is 0 Å². The largest absolute Gasteiger partial charge is 0.486 e. The summed E-state index contributed by atoms with van der Waals surface area (Å²) < 4.78 is 24.7. The lowest BCUT2D eigenvalue weighted by atomic mass is 9.93. The standard InChI is InChI=1S/C12H13FO4/c1-7-5-9-10(17-4-3-16-9)6-8(7)12(2,13)11(14)15/h5-6H,3-4H2,1-2H3,(H,14,15). The highest BCUT2D eigenvalue weighted by atomic mass is 19.1. The number of carboxylic acid groups (broad SMARTS) is 1. The van der Waals surface area contributed by atoms with Crippen LogP contribution in [0.15, 0.2) is 12.1 Å². The molecule has 1 heterocycles. The van der Waals surface area contributed by atoms with Crippen LogP contribution in [0, 0.1) is 6.92 Å². The summed E-state index contributed by atoms with van der Waals surface area (Å²) in [4.78, 5) is 10.9. The van der Waals surface area contributed by atoms with Crippen LogP contribution in [-0.4, -0.2) is 24.3 Å². The summed E-state index contributed by atoms with van der Waals surface area (Å²) in [6, 6.07) is 3.00. The van der Waals surface area contributed by atoms with Gasteiger partial charge >= 0.3 is 5.97 Å². The van der Waals surface area contributed by atoms with E-state index in [0.717, 1.165) is 6.92 Å². The van der Waals surface area contributed by atoms with Crippen LogP contribution in [0.3, 0.4) is 0 Å². The first-order valence-corrected chi connectivity index (χ1v) is 5.26. The fourth-order valence-corrected chi connectivity index (χ4v) is 1.81.